The number of benzene rings is 2. The first-order valence-electron chi connectivity index (χ1n) is 10.7. The maximum absolute atomic E-state index is 5.47. The normalized spacial score (nSPS) is 17.9. The van der Waals surface area contributed by atoms with E-state index in [9.17, 15) is 0 Å². The van der Waals surface area contributed by atoms with Gasteiger partial charge in [0.25, 0.3) is 0 Å². The summed E-state index contributed by atoms with van der Waals surface area (Å²) in [7, 11) is 1.73. The number of methoxy groups -OCH3 is 1. The standard InChI is InChI=1S/C25H30N4O/c1-3-4-14-27-24-16-19-15-22(30-2)11-12-23(19)25(29-24)18-7-9-20(10-8-18)28-21-6-5-13-26-17-21/h5-13,15,17,24-25,27-29H,3-4,14,16H2,1-2H3/t24-,25?/m1/s1. The third-order valence-electron chi connectivity index (χ3n) is 5.57. The highest BCUT2D eigenvalue weighted by molar-refractivity contribution is 5.59. The predicted octanol–water partition coefficient (Wildman–Crippen LogP) is 4.78. The van der Waals surface area contributed by atoms with E-state index in [-0.39, 0.29) is 12.2 Å². The van der Waals surface area contributed by atoms with Crippen LogP contribution in [0.5, 0.6) is 5.75 Å². The van der Waals surface area contributed by atoms with Crippen molar-refractivity contribution in [2.45, 2.75) is 38.4 Å². The number of ether oxygens (including phenoxy) is 1. The van der Waals surface area contributed by atoms with Gasteiger partial charge in [-0.05, 0) is 66.1 Å². The van der Waals surface area contributed by atoms with Crippen molar-refractivity contribution in [2.75, 3.05) is 19.0 Å². The third-order valence-corrected chi connectivity index (χ3v) is 5.57. The lowest BCUT2D eigenvalue weighted by Crippen LogP contribution is -2.49. The Kier molecular flexibility index (Phi) is 6.62. The third kappa shape index (κ3) is 4.81. The molecule has 2 heterocycles. The second kappa shape index (κ2) is 9.74. The first-order chi connectivity index (χ1) is 14.8. The zero-order chi connectivity index (χ0) is 20.8. The van der Waals surface area contributed by atoms with Gasteiger partial charge in [-0.25, -0.2) is 0 Å². The summed E-state index contributed by atoms with van der Waals surface area (Å²) in [6.07, 6.45) is 7.18. The number of nitrogens with zero attached hydrogens (tertiary/aromatic N) is 1. The quantitative estimate of drug-likeness (QED) is 0.473. The fourth-order valence-corrected chi connectivity index (χ4v) is 3.96. The van der Waals surface area contributed by atoms with Gasteiger partial charge in [-0.2, -0.15) is 0 Å². The van der Waals surface area contributed by atoms with Crippen LogP contribution in [0.4, 0.5) is 11.4 Å². The van der Waals surface area contributed by atoms with Crippen LogP contribution in [0.3, 0.4) is 0 Å². The molecule has 0 bridgehead atoms. The molecule has 4 rings (SSSR count). The monoisotopic (exact) mass is 402 g/mol. The molecule has 0 saturated heterocycles. The van der Waals surface area contributed by atoms with E-state index >= 15 is 0 Å². The van der Waals surface area contributed by atoms with E-state index < -0.39 is 0 Å². The molecule has 3 N–H and O–H groups in total. The maximum Gasteiger partial charge on any atom is 0.119 e. The first kappa shape index (κ1) is 20.4. The molecule has 156 valence electrons. The summed E-state index contributed by atoms with van der Waals surface area (Å²) < 4.78 is 5.47. The predicted molar refractivity (Wildman–Crippen MR) is 122 cm³/mol. The minimum Gasteiger partial charge on any atom is -0.497 e. The van der Waals surface area contributed by atoms with Crippen molar-refractivity contribution < 1.29 is 4.74 Å². The molecule has 1 aliphatic rings. The molecule has 2 aromatic carbocycles. The Morgan fingerprint density at radius 2 is 1.97 bits per heavy atom. The molecule has 1 aliphatic heterocycles. The molecular weight excluding hydrogens is 372 g/mol. The number of rotatable bonds is 8. The summed E-state index contributed by atoms with van der Waals surface area (Å²) in [4.78, 5) is 4.16. The highest BCUT2D eigenvalue weighted by Crippen LogP contribution is 2.33. The Bertz CT molecular complexity index is 943. The van der Waals surface area contributed by atoms with Crippen molar-refractivity contribution in [3.05, 3.63) is 83.7 Å². The van der Waals surface area contributed by atoms with E-state index in [1.165, 1.54) is 29.5 Å². The summed E-state index contributed by atoms with van der Waals surface area (Å²) >= 11 is 0. The highest BCUT2D eigenvalue weighted by atomic mass is 16.5. The number of hydrogen-bond acceptors (Lipinski definition) is 5. The molecule has 0 amide bonds. The number of fused-ring (bicyclic) bond motifs is 1. The Hall–Kier alpha value is -2.89. The minimum absolute atomic E-state index is 0.145. The second-order valence-electron chi connectivity index (χ2n) is 7.72. The van der Waals surface area contributed by atoms with Crippen LogP contribution in [0.15, 0.2) is 67.0 Å². The molecule has 1 unspecified atom stereocenters. The van der Waals surface area contributed by atoms with E-state index in [1.807, 2.05) is 18.3 Å². The van der Waals surface area contributed by atoms with Gasteiger partial charge in [0.05, 0.1) is 31.2 Å². The lowest BCUT2D eigenvalue weighted by atomic mass is 9.88. The summed E-state index contributed by atoms with van der Waals surface area (Å²) in [5.74, 6) is 0.915. The zero-order valence-electron chi connectivity index (χ0n) is 17.7. The molecule has 5 nitrogen and oxygen atoms in total. The Morgan fingerprint density at radius 3 is 2.70 bits per heavy atom. The van der Waals surface area contributed by atoms with Gasteiger partial charge >= 0.3 is 0 Å². The average molecular weight is 403 g/mol. The molecule has 0 fully saturated rings. The van der Waals surface area contributed by atoms with Gasteiger partial charge in [0.15, 0.2) is 0 Å². The lowest BCUT2D eigenvalue weighted by molar-refractivity contribution is 0.366. The number of aromatic nitrogens is 1. The summed E-state index contributed by atoms with van der Waals surface area (Å²) in [5.41, 5.74) is 5.94. The van der Waals surface area contributed by atoms with E-state index in [0.29, 0.717) is 0 Å². The Balaban J connectivity index is 1.56. The van der Waals surface area contributed by atoms with E-state index in [4.69, 9.17) is 4.74 Å². The highest BCUT2D eigenvalue weighted by Gasteiger charge is 2.27. The topological polar surface area (TPSA) is 58.2 Å². The largest absolute Gasteiger partial charge is 0.497 e. The zero-order valence-corrected chi connectivity index (χ0v) is 17.7. The SMILES string of the molecule is CCCCN[C@H]1Cc2cc(OC)ccc2C(c2ccc(Nc3cccnc3)cc2)N1. The molecule has 3 aromatic rings. The van der Waals surface area contributed by atoms with Gasteiger partial charge in [-0.1, -0.05) is 31.5 Å². The summed E-state index contributed by atoms with van der Waals surface area (Å²) in [5, 5.41) is 10.9. The van der Waals surface area contributed by atoms with Crippen molar-refractivity contribution in [1.29, 1.82) is 0 Å². The van der Waals surface area contributed by atoms with Crippen LogP contribution in [0.1, 0.15) is 42.5 Å². The van der Waals surface area contributed by atoms with E-state index in [2.05, 4.69) is 70.3 Å². The van der Waals surface area contributed by atoms with Gasteiger partial charge in [0.2, 0.25) is 0 Å². The molecular formula is C25H30N4O. The number of unbranched alkanes of at least 4 members (excludes halogenated alkanes) is 1. The van der Waals surface area contributed by atoms with Gasteiger partial charge in [0, 0.05) is 18.3 Å². The number of pyridine rings is 1. The maximum atomic E-state index is 5.47. The smallest absolute Gasteiger partial charge is 0.119 e. The summed E-state index contributed by atoms with van der Waals surface area (Å²) in [6, 6.07) is 19.1. The van der Waals surface area contributed by atoms with Crippen molar-refractivity contribution >= 4 is 11.4 Å². The van der Waals surface area contributed by atoms with Crippen LogP contribution in [0, 0.1) is 0 Å². The average Bonchev–Trinajstić information content (AvgIpc) is 2.79. The van der Waals surface area contributed by atoms with Gasteiger partial charge in [-0.3, -0.25) is 10.3 Å². The van der Waals surface area contributed by atoms with E-state index in [0.717, 1.165) is 30.1 Å². The van der Waals surface area contributed by atoms with Gasteiger partial charge < -0.3 is 15.4 Å². The first-order valence-corrected chi connectivity index (χ1v) is 10.7. The van der Waals surface area contributed by atoms with Crippen LogP contribution in [-0.2, 0) is 6.42 Å². The molecule has 0 aliphatic carbocycles. The van der Waals surface area contributed by atoms with Crippen molar-refractivity contribution in [3.8, 4) is 5.75 Å². The van der Waals surface area contributed by atoms with E-state index in [1.54, 1.807) is 13.3 Å². The molecule has 1 aromatic heterocycles. The number of anilines is 2. The van der Waals surface area contributed by atoms with Crippen LogP contribution in [-0.4, -0.2) is 24.8 Å². The molecule has 5 heteroatoms. The molecule has 2 atom stereocenters. The minimum atomic E-state index is 0.145. The van der Waals surface area contributed by atoms with Crippen LogP contribution >= 0.6 is 0 Å². The van der Waals surface area contributed by atoms with Crippen LogP contribution in [0.2, 0.25) is 0 Å². The lowest BCUT2D eigenvalue weighted by Gasteiger charge is -2.34. The van der Waals surface area contributed by atoms with Crippen LogP contribution < -0.4 is 20.7 Å². The Labute approximate surface area is 178 Å². The molecule has 0 radical (unpaired) electrons. The van der Waals surface area contributed by atoms with Crippen molar-refractivity contribution in [1.82, 2.24) is 15.6 Å². The van der Waals surface area contributed by atoms with Crippen molar-refractivity contribution in [3.63, 3.8) is 0 Å². The molecule has 0 saturated carbocycles. The Morgan fingerprint density at radius 1 is 1.10 bits per heavy atom. The molecule has 30 heavy (non-hydrogen) atoms. The van der Waals surface area contributed by atoms with Gasteiger partial charge in [-0.15, -0.1) is 0 Å². The van der Waals surface area contributed by atoms with Crippen molar-refractivity contribution in [2.24, 2.45) is 0 Å². The van der Waals surface area contributed by atoms with Crippen LogP contribution in [0.25, 0.3) is 0 Å². The number of nitrogens with one attached hydrogen (secondary N) is 3. The van der Waals surface area contributed by atoms with Gasteiger partial charge in [0.1, 0.15) is 5.75 Å². The summed E-state index contributed by atoms with van der Waals surface area (Å²) in [6.45, 7) is 3.24. The second-order valence-corrected chi connectivity index (χ2v) is 7.72. The number of hydrogen-bond donors (Lipinski definition) is 3. The fourth-order valence-electron chi connectivity index (χ4n) is 3.96. The molecule has 0 spiro atoms. The fraction of sp³-hybridized carbons (Fsp3) is 0.320.